The van der Waals surface area contributed by atoms with Gasteiger partial charge in [0.2, 0.25) is 0 Å². The summed E-state index contributed by atoms with van der Waals surface area (Å²) in [5.74, 6) is 0. The Kier molecular flexibility index (Phi) is 3.14. The van der Waals surface area contributed by atoms with Crippen molar-refractivity contribution in [1.82, 2.24) is 0 Å². The minimum absolute atomic E-state index is 0.0383. The Morgan fingerprint density at radius 3 is 2.93 bits per heavy atom. The van der Waals surface area contributed by atoms with Gasteiger partial charge in [-0.2, -0.15) is 0 Å². The topological polar surface area (TPSA) is 29.5 Å². The highest BCUT2D eigenvalue weighted by Gasteiger charge is 2.42. The van der Waals surface area contributed by atoms with Crippen LogP contribution in [0.25, 0.3) is 0 Å². The van der Waals surface area contributed by atoms with Crippen molar-refractivity contribution in [3.8, 4) is 0 Å². The molecule has 0 aliphatic heterocycles. The van der Waals surface area contributed by atoms with Gasteiger partial charge in [-0.3, -0.25) is 0 Å². The van der Waals surface area contributed by atoms with Crippen molar-refractivity contribution in [3.63, 3.8) is 0 Å². The first-order chi connectivity index (χ1) is 7.18. The van der Waals surface area contributed by atoms with E-state index in [2.05, 4.69) is 13.0 Å². The quantitative estimate of drug-likeness (QED) is 0.840. The van der Waals surface area contributed by atoms with Crippen molar-refractivity contribution >= 4 is 11.3 Å². The smallest absolute Gasteiger partial charge is 0.125 e. The zero-order chi connectivity index (χ0) is 10.9. The summed E-state index contributed by atoms with van der Waals surface area (Å²) in [5.41, 5.74) is 0.442. The maximum absolute atomic E-state index is 10.8. The van der Waals surface area contributed by atoms with Crippen LogP contribution in [0.2, 0.25) is 0 Å². The van der Waals surface area contributed by atoms with E-state index in [1.54, 1.807) is 18.4 Å². The van der Waals surface area contributed by atoms with Crippen molar-refractivity contribution in [2.75, 3.05) is 7.11 Å². The molecule has 1 aliphatic rings. The fourth-order valence-electron chi connectivity index (χ4n) is 2.51. The number of rotatable bonds is 2. The summed E-state index contributed by atoms with van der Waals surface area (Å²) in [7, 11) is 1.70. The van der Waals surface area contributed by atoms with Crippen LogP contribution in [0.3, 0.4) is 0 Å². The Balaban J connectivity index is 2.34. The molecule has 0 spiro atoms. The molecule has 2 rings (SSSR count). The Bertz CT molecular complexity index is 334. The zero-order valence-corrected chi connectivity index (χ0v) is 10.1. The normalized spacial score (nSPS) is 31.8. The maximum atomic E-state index is 10.8. The molecule has 2 nitrogen and oxygen atoms in total. The molecular weight excluding hydrogens is 208 g/mol. The van der Waals surface area contributed by atoms with Gasteiger partial charge >= 0.3 is 0 Å². The lowest BCUT2D eigenvalue weighted by molar-refractivity contribution is -0.120. The highest BCUT2D eigenvalue weighted by molar-refractivity contribution is 7.10. The molecule has 1 aromatic heterocycles. The fourth-order valence-corrected chi connectivity index (χ4v) is 3.61. The van der Waals surface area contributed by atoms with Gasteiger partial charge in [0.15, 0.2) is 0 Å². The molecule has 1 aromatic rings. The van der Waals surface area contributed by atoms with Gasteiger partial charge in [-0.05, 0) is 43.2 Å². The monoisotopic (exact) mass is 226 g/mol. The van der Waals surface area contributed by atoms with E-state index in [0.717, 1.165) is 30.6 Å². The lowest BCUT2D eigenvalue weighted by atomic mass is 9.80. The van der Waals surface area contributed by atoms with E-state index >= 15 is 0 Å². The first kappa shape index (κ1) is 11.1. The third-order valence-corrected chi connectivity index (χ3v) is 4.53. The highest BCUT2D eigenvalue weighted by atomic mass is 32.1. The van der Waals surface area contributed by atoms with Crippen LogP contribution in [0.5, 0.6) is 0 Å². The zero-order valence-electron chi connectivity index (χ0n) is 9.32. The Morgan fingerprint density at radius 1 is 1.53 bits per heavy atom. The van der Waals surface area contributed by atoms with Gasteiger partial charge in [0.05, 0.1) is 6.10 Å². The second-order valence-electron chi connectivity index (χ2n) is 4.33. The molecule has 1 saturated carbocycles. The van der Waals surface area contributed by atoms with Crippen LogP contribution in [0.15, 0.2) is 11.4 Å². The number of aliphatic hydroxyl groups is 1. The molecule has 2 atom stereocenters. The second kappa shape index (κ2) is 4.24. The average Bonchev–Trinajstić information content (AvgIpc) is 2.66. The van der Waals surface area contributed by atoms with Gasteiger partial charge in [-0.25, -0.2) is 0 Å². The summed E-state index contributed by atoms with van der Waals surface area (Å²) in [5, 5.41) is 12.8. The van der Waals surface area contributed by atoms with Gasteiger partial charge in [0.25, 0.3) is 0 Å². The van der Waals surface area contributed by atoms with E-state index in [4.69, 9.17) is 4.74 Å². The van der Waals surface area contributed by atoms with Gasteiger partial charge in [0, 0.05) is 12.0 Å². The Morgan fingerprint density at radius 2 is 2.33 bits per heavy atom. The predicted octanol–water partition coefficient (Wildman–Crippen LogP) is 2.83. The van der Waals surface area contributed by atoms with E-state index in [0.29, 0.717) is 0 Å². The van der Waals surface area contributed by atoms with Crippen molar-refractivity contribution in [2.45, 2.75) is 44.3 Å². The Hall–Kier alpha value is -0.380. The summed E-state index contributed by atoms with van der Waals surface area (Å²) >= 11 is 1.64. The number of ether oxygens (including phenoxy) is 1. The van der Waals surface area contributed by atoms with Crippen LogP contribution in [-0.2, 0) is 10.3 Å². The number of hydrogen-bond acceptors (Lipinski definition) is 3. The van der Waals surface area contributed by atoms with E-state index in [-0.39, 0.29) is 6.10 Å². The molecule has 2 unspecified atom stereocenters. The second-order valence-corrected chi connectivity index (χ2v) is 5.24. The summed E-state index contributed by atoms with van der Waals surface area (Å²) in [4.78, 5) is 1.09. The summed E-state index contributed by atoms with van der Waals surface area (Å²) in [6, 6.07) is 2.07. The number of hydrogen-bond donors (Lipinski definition) is 1. The molecule has 1 fully saturated rings. The van der Waals surface area contributed by atoms with Gasteiger partial charge in [-0.1, -0.05) is 6.42 Å². The third-order valence-electron chi connectivity index (χ3n) is 3.35. The van der Waals surface area contributed by atoms with Crippen molar-refractivity contribution in [2.24, 2.45) is 0 Å². The standard InChI is InChI=1S/C12H18O2S/c1-9-6-8-15-11(9)12(13)7-4-3-5-10(12)14-2/h6,8,10,13H,3-5,7H2,1-2H3. The SMILES string of the molecule is COC1CCCCC1(O)c1sccc1C. The van der Waals surface area contributed by atoms with Crippen molar-refractivity contribution in [3.05, 3.63) is 21.9 Å². The van der Waals surface area contributed by atoms with Crippen LogP contribution < -0.4 is 0 Å². The molecule has 0 bridgehead atoms. The van der Waals surface area contributed by atoms with E-state index in [1.165, 1.54) is 5.56 Å². The van der Waals surface area contributed by atoms with Gasteiger partial charge < -0.3 is 9.84 Å². The van der Waals surface area contributed by atoms with Crippen molar-refractivity contribution < 1.29 is 9.84 Å². The number of thiophene rings is 1. The summed E-state index contributed by atoms with van der Waals surface area (Å²) < 4.78 is 5.44. The first-order valence-corrected chi connectivity index (χ1v) is 6.36. The van der Waals surface area contributed by atoms with E-state index in [1.807, 2.05) is 5.38 Å². The minimum atomic E-state index is -0.745. The van der Waals surface area contributed by atoms with Crippen LogP contribution in [-0.4, -0.2) is 18.3 Å². The number of methoxy groups -OCH3 is 1. The third kappa shape index (κ3) is 1.84. The van der Waals surface area contributed by atoms with Crippen LogP contribution in [0.1, 0.15) is 36.1 Å². The molecule has 0 aromatic carbocycles. The van der Waals surface area contributed by atoms with Crippen LogP contribution in [0.4, 0.5) is 0 Å². The number of aryl methyl sites for hydroxylation is 1. The van der Waals surface area contributed by atoms with Gasteiger partial charge in [-0.15, -0.1) is 11.3 Å². The highest BCUT2D eigenvalue weighted by Crippen LogP contribution is 2.42. The fraction of sp³-hybridized carbons (Fsp3) is 0.667. The predicted molar refractivity (Wildman–Crippen MR) is 62.2 cm³/mol. The lowest BCUT2D eigenvalue weighted by Gasteiger charge is -2.38. The van der Waals surface area contributed by atoms with Crippen molar-refractivity contribution in [1.29, 1.82) is 0 Å². The molecule has 1 heterocycles. The molecule has 3 heteroatoms. The van der Waals surface area contributed by atoms with Crippen LogP contribution >= 0.6 is 11.3 Å². The van der Waals surface area contributed by atoms with E-state index in [9.17, 15) is 5.11 Å². The van der Waals surface area contributed by atoms with Crippen LogP contribution in [0, 0.1) is 6.92 Å². The average molecular weight is 226 g/mol. The largest absolute Gasteiger partial charge is 0.382 e. The summed E-state index contributed by atoms with van der Waals surface area (Å²) in [6.07, 6.45) is 4.00. The minimum Gasteiger partial charge on any atom is -0.382 e. The first-order valence-electron chi connectivity index (χ1n) is 5.48. The molecule has 15 heavy (non-hydrogen) atoms. The van der Waals surface area contributed by atoms with E-state index < -0.39 is 5.60 Å². The maximum Gasteiger partial charge on any atom is 0.125 e. The molecule has 84 valence electrons. The molecule has 1 aliphatic carbocycles. The molecule has 1 N–H and O–H groups in total. The molecule has 0 radical (unpaired) electrons. The lowest BCUT2D eigenvalue weighted by Crippen LogP contribution is -2.43. The Labute approximate surface area is 94.9 Å². The molecule has 0 saturated heterocycles. The molecular formula is C12H18O2S. The summed E-state index contributed by atoms with van der Waals surface area (Å²) in [6.45, 7) is 2.06. The van der Waals surface area contributed by atoms with Gasteiger partial charge in [0.1, 0.15) is 5.60 Å². The molecule has 0 amide bonds.